The third kappa shape index (κ3) is 4.75. The first-order valence-corrected chi connectivity index (χ1v) is 12.6. The predicted octanol–water partition coefficient (Wildman–Crippen LogP) is 4.23. The number of nitrogens with one attached hydrogen (secondary N) is 1. The largest absolute Gasteiger partial charge is 0.302 e. The molecule has 29 heavy (non-hydrogen) atoms. The number of anilines is 1. The van der Waals surface area contributed by atoms with Crippen molar-refractivity contribution in [3.63, 3.8) is 0 Å². The van der Waals surface area contributed by atoms with E-state index in [1.165, 1.54) is 22.7 Å². The standard InChI is InChI=1S/C20H21N3O3S3/c24-18(22-20-21-17(14-27-20)15-7-3-1-4-8-15)13-16-9-10-19(28-16)29(25,26)23-11-5-2-6-12-23/h1,3-4,7-10,14H,2,5-6,11-13H2,(H,21,22,24). The van der Waals surface area contributed by atoms with Crippen molar-refractivity contribution >= 4 is 43.7 Å². The molecule has 1 N–H and O–H groups in total. The van der Waals surface area contributed by atoms with Gasteiger partial charge in [-0.3, -0.25) is 4.79 Å². The molecule has 0 bridgehead atoms. The Morgan fingerprint density at radius 2 is 1.83 bits per heavy atom. The Hall–Kier alpha value is -2.07. The highest BCUT2D eigenvalue weighted by Crippen LogP contribution is 2.28. The summed E-state index contributed by atoms with van der Waals surface area (Å²) < 4.78 is 27.3. The molecule has 3 heterocycles. The van der Waals surface area contributed by atoms with E-state index < -0.39 is 10.0 Å². The molecule has 1 aliphatic rings. The number of hydrogen-bond donors (Lipinski definition) is 1. The van der Waals surface area contributed by atoms with E-state index in [0.29, 0.717) is 22.4 Å². The fourth-order valence-electron chi connectivity index (χ4n) is 3.22. The summed E-state index contributed by atoms with van der Waals surface area (Å²) >= 11 is 2.54. The van der Waals surface area contributed by atoms with Crippen LogP contribution in [0.3, 0.4) is 0 Å². The molecule has 152 valence electrons. The second-order valence-corrected chi connectivity index (χ2v) is 11.0. The lowest BCUT2D eigenvalue weighted by molar-refractivity contribution is -0.115. The first kappa shape index (κ1) is 20.2. The average Bonchev–Trinajstić information content (AvgIpc) is 3.39. The van der Waals surface area contributed by atoms with Gasteiger partial charge >= 0.3 is 0 Å². The van der Waals surface area contributed by atoms with E-state index in [4.69, 9.17) is 0 Å². The van der Waals surface area contributed by atoms with E-state index in [9.17, 15) is 13.2 Å². The fraction of sp³-hybridized carbons (Fsp3) is 0.300. The van der Waals surface area contributed by atoms with E-state index in [-0.39, 0.29) is 12.3 Å². The van der Waals surface area contributed by atoms with Crippen LogP contribution in [0.15, 0.2) is 52.1 Å². The summed E-state index contributed by atoms with van der Waals surface area (Å²) in [5.41, 5.74) is 1.81. The van der Waals surface area contributed by atoms with Gasteiger partial charge in [0, 0.05) is 28.9 Å². The smallest absolute Gasteiger partial charge is 0.252 e. The molecule has 9 heteroatoms. The summed E-state index contributed by atoms with van der Waals surface area (Å²) in [5.74, 6) is -0.206. The van der Waals surface area contributed by atoms with E-state index in [2.05, 4.69) is 10.3 Å². The number of benzene rings is 1. The van der Waals surface area contributed by atoms with Gasteiger partial charge in [0.25, 0.3) is 10.0 Å². The van der Waals surface area contributed by atoms with Crippen LogP contribution in [-0.2, 0) is 21.2 Å². The van der Waals surface area contributed by atoms with Crippen molar-refractivity contribution < 1.29 is 13.2 Å². The molecule has 0 spiro atoms. The number of aromatic nitrogens is 1. The Bertz CT molecular complexity index is 1080. The van der Waals surface area contributed by atoms with E-state index in [0.717, 1.165) is 35.4 Å². The topological polar surface area (TPSA) is 79.4 Å². The Morgan fingerprint density at radius 3 is 2.59 bits per heavy atom. The number of sulfonamides is 1. The highest BCUT2D eigenvalue weighted by Gasteiger charge is 2.27. The number of piperidine rings is 1. The second-order valence-electron chi connectivity index (χ2n) is 6.81. The Labute approximate surface area is 178 Å². The van der Waals surface area contributed by atoms with Crippen LogP contribution in [0.1, 0.15) is 24.1 Å². The van der Waals surface area contributed by atoms with Gasteiger partial charge in [-0.25, -0.2) is 13.4 Å². The molecule has 1 aromatic carbocycles. The third-order valence-electron chi connectivity index (χ3n) is 4.70. The number of carbonyl (C=O) groups is 1. The molecule has 1 fully saturated rings. The fourth-order valence-corrected chi connectivity index (χ4v) is 6.98. The molecule has 0 unspecified atom stereocenters. The number of thiophene rings is 1. The molecule has 0 radical (unpaired) electrons. The molecule has 1 aliphatic heterocycles. The van der Waals surface area contributed by atoms with E-state index in [1.54, 1.807) is 16.4 Å². The van der Waals surface area contributed by atoms with Crippen molar-refractivity contribution in [3.05, 3.63) is 52.7 Å². The maximum atomic E-state index is 12.7. The van der Waals surface area contributed by atoms with Crippen molar-refractivity contribution in [2.75, 3.05) is 18.4 Å². The minimum atomic E-state index is -3.45. The summed E-state index contributed by atoms with van der Waals surface area (Å²) in [6.07, 6.45) is 3.00. The lowest BCUT2D eigenvalue weighted by atomic mass is 10.2. The minimum absolute atomic E-state index is 0.125. The monoisotopic (exact) mass is 447 g/mol. The van der Waals surface area contributed by atoms with Gasteiger partial charge in [0.1, 0.15) is 4.21 Å². The zero-order valence-electron chi connectivity index (χ0n) is 15.7. The van der Waals surface area contributed by atoms with E-state index >= 15 is 0 Å². The summed E-state index contributed by atoms with van der Waals surface area (Å²) in [4.78, 5) is 17.6. The summed E-state index contributed by atoms with van der Waals surface area (Å²) in [6, 6.07) is 13.1. The number of thiazole rings is 1. The van der Waals surface area contributed by atoms with Gasteiger partial charge in [-0.05, 0) is 25.0 Å². The molecule has 6 nitrogen and oxygen atoms in total. The first-order valence-electron chi connectivity index (χ1n) is 9.42. The van der Waals surface area contributed by atoms with Crippen molar-refractivity contribution in [1.29, 1.82) is 0 Å². The van der Waals surface area contributed by atoms with Gasteiger partial charge < -0.3 is 5.32 Å². The second kappa shape index (κ2) is 8.74. The number of hydrogen-bond acceptors (Lipinski definition) is 6. The van der Waals surface area contributed by atoms with Crippen LogP contribution >= 0.6 is 22.7 Å². The SMILES string of the molecule is O=C(Cc1ccc(S(=O)(=O)N2CCCCC2)s1)Nc1nc(-c2ccccc2)cs1. The van der Waals surface area contributed by atoms with Gasteiger partial charge in [-0.1, -0.05) is 36.8 Å². The van der Waals surface area contributed by atoms with Gasteiger partial charge in [0.15, 0.2) is 5.13 Å². The zero-order valence-corrected chi connectivity index (χ0v) is 18.2. The lowest BCUT2D eigenvalue weighted by Crippen LogP contribution is -2.35. The van der Waals surface area contributed by atoms with Crippen LogP contribution in [0.5, 0.6) is 0 Å². The molecule has 4 rings (SSSR count). The van der Waals surface area contributed by atoms with Crippen LogP contribution in [-0.4, -0.2) is 36.7 Å². The van der Waals surface area contributed by atoms with Gasteiger partial charge in [-0.2, -0.15) is 4.31 Å². The molecular formula is C20H21N3O3S3. The molecule has 3 aromatic rings. The molecule has 1 saturated heterocycles. The molecule has 1 amide bonds. The van der Waals surface area contributed by atoms with Crippen LogP contribution in [0.4, 0.5) is 5.13 Å². The quantitative estimate of drug-likeness (QED) is 0.613. The summed E-state index contributed by atoms with van der Waals surface area (Å²) in [7, 11) is -3.45. The maximum absolute atomic E-state index is 12.7. The van der Waals surface area contributed by atoms with Crippen molar-refractivity contribution in [3.8, 4) is 11.3 Å². The molecule has 2 aromatic heterocycles. The van der Waals surface area contributed by atoms with Crippen molar-refractivity contribution in [2.24, 2.45) is 0 Å². The number of nitrogens with zero attached hydrogens (tertiary/aromatic N) is 2. The molecular weight excluding hydrogens is 426 g/mol. The predicted molar refractivity (Wildman–Crippen MR) is 117 cm³/mol. The summed E-state index contributed by atoms with van der Waals surface area (Å²) in [5, 5.41) is 5.24. The Kier molecular flexibility index (Phi) is 6.09. The first-order chi connectivity index (χ1) is 14.0. The van der Waals surface area contributed by atoms with Gasteiger partial charge in [0.2, 0.25) is 5.91 Å². The molecule has 0 aliphatic carbocycles. The zero-order chi connectivity index (χ0) is 20.3. The molecule has 0 atom stereocenters. The van der Waals surface area contributed by atoms with Crippen molar-refractivity contribution in [1.82, 2.24) is 9.29 Å². The maximum Gasteiger partial charge on any atom is 0.252 e. The Morgan fingerprint density at radius 1 is 1.07 bits per heavy atom. The number of amides is 1. The Balaban J connectivity index is 1.39. The van der Waals surface area contributed by atoms with E-state index in [1.807, 2.05) is 35.7 Å². The van der Waals surface area contributed by atoms with Crippen LogP contribution in [0.25, 0.3) is 11.3 Å². The van der Waals surface area contributed by atoms with Gasteiger partial charge in [-0.15, -0.1) is 22.7 Å². The van der Waals surface area contributed by atoms with Crippen molar-refractivity contribution in [2.45, 2.75) is 29.9 Å². The lowest BCUT2D eigenvalue weighted by Gasteiger charge is -2.25. The summed E-state index contributed by atoms with van der Waals surface area (Å²) in [6.45, 7) is 1.15. The van der Waals surface area contributed by atoms with Crippen LogP contribution < -0.4 is 5.32 Å². The van der Waals surface area contributed by atoms with Crippen LogP contribution in [0.2, 0.25) is 0 Å². The highest BCUT2D eigenvalue weighted by atomic mass is 32.2. The number of rotatable bonds is 6. The normalized spacial score (nSPS) is 15.3. The minimum Gasteiger partial charge on any atom is -0.302 e. The van der Waals surface area contributed by atoms with Crippen LogP contribution in [0, 0.1) is 0 Å². The third-order valence-corrected chi connectivity index (χ3v) is 8.91. The average molecular weight is 448 g/mol. The highest BCUT2D eigenvalue weighted by molar-refractivity contribution is 7.91. The molecule has 0 saturated carbocycles. The van der Waals surface area contributed by atoms with Gasteiger partial charge in [0.05, 0.1) is 12.1 Å². The number of carbonyl (C=O) groups excluding carboxylic acids is 1.